The second kappa shape index (κ2) is 22.6. The first-order valence-corrected chi connectivity index (χ1v) is 18.3. The molecule has 0 bridgehead atoms. The van der Waals surface area contributed by atoms with Crippen LogP contribution in [0.3, 0.4) is 0 Å². The first-order chi connectivity index (χ1) is 28.0. The van der Waals surface area contributed by atoms with E-state index in [9.17, 15) is 44.3 Å². The van der Waals surface area contributed by atoms with Crippen molar-refractivity contribution in [3.8, 4) is 5.75 Å². The van der Waals surface area contributed by atoms with Gasteiger partial charge in [-0.2, -0.15) is 4.90 Å². The highest BCUT2D eigenvalue weighted by atomic mass is 16.6. The molecule has 17 nitrogen and oxygen atoms in total. The van der Waals surface area contributed by atoms with Crippen molar-refractivity contribution in [3.05, 3.63) is 142 Å². The van der Waals surface area contributed by atoms with Crippen LogP contribution >= 0.6 is 0 Å². The third kappa shape index (κ3) is 13.7. The Kier molecular flexibility index (Phi) is 17.1. The number of phenols is 1. The summed E-state index contributed by atoms with van der Waals surface area (Å²) in [6.45, 7) is -1.49. The van der Waals surface area contributed by atoms with E-state index in [4.69, 9.17) is 19.9 Å². The summed E-state index contributed by atoms with van der Waals surface area (Å²) in [5.41, 5.74) is 7.63. The monoisotopic (exact) mass is 799 g/mol. The highest BCUT2D eigenvalue weighted by Gasteiger charge is 2.39. The van der Waals surface area contributed by atoms with E-state index in [1.165, 1.54) is 48.5 Å². The number of carbonyl (C=O) groups excluding carboxylic acids is 5. The quantitative estimate of drug-likeness (QED) is 0.0279. The van der Waals surface area contributed by atoms with E-state index in [1.54, 1.807) is 60.7 Å². The van der Waals surface area contributed by atoms with Gasteiger partial charge in [0.15, 0.2) is 6.04 Å². The van der Waals surface area contributed by atoms with E-state index in [-0.39, 0.29) is 57.1 Å². The highest BCUT2D eigenvalue weighted by Crippen LogP contribution is 2.18. The molecule has 0 spiro atoms. The normalized spacial score (nSPS) is 12.2. The molecule has 0 aliphatic rings. The molecule has 0 radical (unpaired) electrons. The topological polar surface area (TPSA) is 250 Å². The van der Waals surface area contributed by atoms with Crippen molar-refractivity contribution >= 4 is 35.7 Å². The van der Waals surface area contributed by atoms with Gasteiger partial charge in [-0.1, -0.05) is 72.8 Å². The molecular weight excluding hydrogens is 754 g/mol. The largest absolute Gasteiger partial charge is 0.508 e. The fraction of sp³-hybridized carbons (Fsp3) is 0.293. The molecule has 0 fully saturated rings. The van der Waals surface area contributed by atoms with Crippen molar-refractivity contribution in [3.63, 3.8) is 0 Å². The molecule has 0 aliphatic carbocycles. The predicted molar refractivity (Wildman–Crippen MR) is 207 cm³/mol. The predicted octanol–water partition coefficient (Wildman–Crippen LogP) is 4.02. The van der Waals surface area contributed by atoms with E-state index in [2.05, 4.69) is 10.6 Å². The van der Waals surface area contributed by atoms with E-state index in [1.807, 2.05) is 0 Å². The first kappa shape index (κ1) is 43.9. The maximum absolute atomic E-state index is 14.3. The number of carbonyl (C=O) groups is 5. The number of ether oxygens (including phenoxy) is 3. The van der Waals surface area contributed by atoms with Crippen molar-refractivity contribution in [2.75, 3.05) is 13.2 Å². The van der Waals surface area contributed by atoms with E-state index in [0.717, 1.165) is 0 Å². The third-order valence-electron chi connectivity index (χ3n) is 8.67. The van der Waals surface area contributed by atoms with Crippen LogP contribution in [0.1, 0.15) is 41.5 Å². The molecule has 6 N–H and O–H groups in total. The van der Waals surface area contributed by atoms with Crippen LogP contribution in [0.4, 0.5) is 15.3 Å². The molecule has 306 valence electrons. The second-order valence-corrected chi connectivity index (χ2v) is 13.0. The summed E-state index contributed by atoms with van der Waals surface area (Å²) in [4.78, 5) is 79.6. The van der Waals surface area contributed by atoms with Crippen molar-refractivity contribution in [1.29, 1.82) is 0 Å². The van der Waals surface area contributed by atoms with Gasteiger partial charge in [-0.05, 0) is 72.3 Å². The molecule has 0 aliphatic heterocycles. The minimum absolute atomic E-state index is 0.0662. The number of aromatic hydroxyl groups is 1. The molecule has 4 rings (SSSR count). The number of nitrogens with zero attached hydrogens (tertiary/aromatic N) is 2. The molecule has 0 aromatic heterocycles. The number of esters is 1. The minimum atomic E-state index is -1.61. The zero-order valence-electron chi connectivity index (χ0n) is 31.4. The highest BCUT2D eigenvalue weighted by molar-refractivity contribution is 5.97. The summed E-state index contributed by atoms with van der Waals surface area (Å²) in [5, 5.41) is 35.8. The summed E-state index contributed by atoms with van der Waals surface area (Å²) < 4.78 is 16.2. The average molecular weight is 800 g/mol. The number of nitro benzene ring substituents is 1. The smallest absolute Gasteiger partial charge is 0.420 e. The zero-order chi connectivity index (χ0) is 41.9. The second-order valence-electron chi connectivity index (χ2n) is 13.0. The van der Waals surface area contributed by atoms with Gasteiger partial charge >= 0.3 is 18.2 Å². The molecule has 0 saturated carbocycles. The number of amides is 4. The molecule has 4 aromatic carbocycles. The summed E-state index contributed by atoms with van der Waals surface area (Å²) in [6.07, 6.45) is -2.01. The van der Waals surface area contributed by atoms with Gasteiger partial charge in [0.1, 0.15) is 37.7 Å². The van der Waals surface area contributed by atoms with Crippen LogP contribution in [0.5, 0.6) is 5.75 Å². The third-order valence-corrected chi connectivity index (χ3v) is 8.67. The standard InChI is InChI=1S/C41H45N5O12/c42-22-8-7-13-36(45(40(52)57-26-29-9-3-1-4-10-29)41(53)58-27-30-11-5-2-6-12-30)38(50)43-34(23-28-16-20-33(48)21-17-28)37(49)44-35(24-47)39(51)56-25-31-14-18-32(19-15-31)46(54)55/h1-6,9-12,14-21,34-36,47-48H,7-8,13,22-27,42H2,(H,43,50)(H,44,49). The van der Waals surface area contributed by atoms with Gasteiger partial charge < -0.3 is 40.8 Å². The van der Waals surface area contributed by atoms with Crippen molar-refractivity contribution in [2.24, 2.45) is 5.73 Å². The fourth-order valence-electron chi connectivity index (χ4n) is 5.53. The van der Waals surface area contributed by atoms with E-state index < -0.39 is 59.6 Å². The van der Waals surface area contributed by atoms with Gasteiger partial charge in [0.2, 0.25) is 11.8 Å². The molecule has 17 heteroatoms. The Morgan fingerprint density at radius 2 is 1.17 bits per heavy atom. The molecule has 4 amide bonds. The Hall–Kier alpha value is -6.85. The van der Waals surface area contributed by atoms with Crippen molar-refractivity contribution in [1.82, 2.24) is 15.5 Å². The summed E-state index contributed by atoms with van der Waals surface area (Å²) >= 11 is 0. The van der Waals surface area contributed by atoms with E-state index >= 15 is 0 Å². The number of hydrogen-bond donors (Lipinski definition) is 5. The maximum Gasteiger partial charge on any atom is 0.420 e. The zero-order valence-corrected chi connectivity index (χ0v) is 31.4. The minimum Gasteiger partial charge on any atom is -0.508 e. The van der Waals surface area contributed by atoms with Crippen LogP contribution in [0, 0.1) is 10.1 Å². The summed E-state index contributed by atoms with van der Waals surface area (Å²) in [5.74, 6) is -3.01. The Bertz CT molecular complexity index is 1910. The number of hydrogen-bond acceptors (Lipinski definition) is 13. The molecule has 3 unspecified atom stereocenters. The number of unbranched alkanes of at least 4 members (excludes halogenated alkanes) is 1. The van der Waals surface area contributed by atoms with Gasteiger partial charge in [0.05, 0.1) is 11.5 Å². The molecule has 0 saturated heterocycles. The lowest BCUT2D eigenvalue weighted by atomic mass is 10.0. The molecule has 4 aromatic rings. The molecule has 58 heavy (non-hydrogen) atoms. The summed E-state index contributed by atoms with van der Waals surface area (Å²) in [6, 6.07) is 23.5. The lowest BCUT2D eigenvalue weighted by molar-refractivity contribution is -0.384. The number of non-ortho nitro benzene ring substituents is 1. The van der Waals surface area contributed by atoms with Gasteiger partial charge in [-0.3, -0.25) is 19.7 Å². The van der Waals surface area contributed by atoms with Gasteiger partial charge in [-0.25, -0.2) is 14.4 Å². The average Bonchev–Trinajstić information content (AvgIpc) is 3.24. The first-order valence-electron chi connectivity index (χ1n) is 18.3. The Labute approximate surface area is 333 Å². The van der Waals surface area contributed by atoms with Crippen molar-refractivity contribution in [2.45, 2.75) is 63.6 Å². The number of aliphatic hydroxyl groups is 1. The molecule has 0 heterocycles. The summed E-state index contributed by atoms with van der Waals surface area (Å²) in [7, 11) is 0. The number of nitrogens with one attached hydrogen (secondary N) is 2. The lowest BCUT2D eigenvalue weighted by Crippen LogP contribution is -2.58. The van der Waals surface area contributed by atoms with Crippen LogP contribution in [0.2, 0.25) is 0 Å². The van der Waals surface area contributed by atoms with Crippen LogP contribution in [0.15, 0.2) is 109 Å². The Balaban J connectivity index is 1.59. The van der Waals surface area contributed by atoms with Gasteiger partial charge in [0, 0.05) is 18.6 Å². The van der Waals surface area contributed by atoms with Crippen molar-refractivity contribution < 1.29 is 53.3 Å². The number of nitrogens with two attached hydrogens (primary N) is 1. The maximum atomic E-state index is 14.3. The van der Waals surface area contributed by atoms with Crippen LogP contribution in [-0.4, -0.2) is 81.3 Å². The number of nitro groups is 1. The van der Waals surface area contributed by atoms with E-state index in [0.29, 0.717) is 33.6 Å². The number of imide groups is 1. The van der Waals surface area contributed by atoms with Gasteiger partial charge in [-0.15, -0.1) is 0 Å². The number of phenolic OH excluding ortho intramolecular Hbond substituents is 1. The number of aliphatic hydroxyl groups excluding tert-OH is 1. The fourth-order valence-corrected chi connectivity index (χ4v) is 5.53. The van der Waals surface area contributed by atoms with Gasteiger partial charge in [0.25, 0.3) is 5.69 Å². The molecular formula is C41H45N5O12. The van der Waals surface area contributed by atoms with Crippen LogP contribution in [-0.2, 0) is 54.8 Å². The number of benzene rings is 4. The Morgan fingerprint density at radius 1 is 0.672 bits per heavy atom. The van der Waals surface area contributed by atoms with Crippen LogP contribution < -0.4 is 16.4 Å². The van der Waals surface area contributed by atoms with Crippen LogP contribution in [0.25, 0.3) is 0 Å². The Morgan fingerprint density at radius 3 is 1.69 bits per heavy atom. The SMILES string of the molecule is NCCCCC(C(=O)NC(Cc1ccc(O)cc1)C(=O)NC(CO)C(=O)OCc1ccc([N+](=O)[O-])cc1)N(C(=O)OCc1ccccc1)C(=O)OCc1ccccc1. The lowest BCUT2D eigenvalue weighted by Gasteiger charge is -2.30. The molecule has 3 atom stereocenters. The number of rotatable bonds is 20.